The molecule has 1 heterocycles. The largest absolute Gasteiger partial charge is 0.495 e. The molecule has 1 N–H and O–H groups in total. The van der Waals surface area contributed by atoms with Crippen molar-refractivity contribution >= 4 is 28.4 Å². The molecule has 0 atom stereocenters. The van der Waals surface area contributed by atoms with Crippen LogP contribution in [0.25, 0.3) is 10.8 Å². The smallest absolute Gasteiger partial charge is 0.142 e. The van der Waals surface area contributed by atoms with Gasteiger partial charge in [0.15, 0.2) is 0 Å². The van der Waals surface area contributed by atoms with Crippen LogP contribution >= 0.6 is 11.9 Å². The quantitative estimate of drug-likeness (QED) is 0.442. The van der Waals surface area contributed by atoms with Crippen molar-refractivity contribution in [3.8, 4) is 5.75 Å². The van der Waals surface area contributed by atoms with Crippen LogP contribution in [0.5, 0.6) is 5.75 Å². The number of anilines is 1. The molecule has 0 saturated carbocycles. The van der Waals surface area contributed by atoms with Crippen LogP contribution in [0, 0.1) is 5.82 Å². The summed E-state index contributed by atoms with van der Waals surface area (Å²) in [5.41, 5.74) is 2.39. The molecule has 1 aliphatic rings. The number of piperazine rings is 1. The first kappa shape index (κ1) is 21.0. The second-order valence-corrected chi connectivity index (χ2v) is 8.62. The van der Waals surface area contributed by atoms with Crippen LogP contribution in [0.4, 0.5) is 10.1 Å². The summed E-state index contributed by atoms with van der Waals surface area (Å²) in [6, 6.07) is 17.4. The molecule has 4 rings (SSSR count). The fraction of sp³-hybridized carbons (Fsp3) is 0.333. The first-order valence-corrected chi connectivity index (χ1v) is 11.1. The average Bonchev–Trinajstić information content (AvgIpc) is 2.77. The summed E-state index contributed by atoms with van der Waals surface area (Å²) in [5.74, 6) is 0.732. The summed E-state index contributed by atoms with van der Waals surface area (Å²) in [4.78, 5) is 5.92. The van der Waals surface area contributed by atoms with Crippen LogP contribution in [0.2, 0.25) is 0 Å². The number of ether oxygens (including phenoxy) is 1. The van der Waals surface area contributed by atoms with E-state index in [1.54, 1.807) is 25.1 Å². The van der Waals surface area contributed by atoms with Gasteiger partial charge < -0.3 is 14.5 Å². The molecule has 0 aliphatic carbocycles. The summed E-state index contributed by atoms with van der Waals surface area (Å²) in [6.45, 7) is 4.98. The maximum atomic E-state index is 13.5. The first-order valence-electron chi connectivity index (χ1n) is 10.3. The van der Waals surface area contributed by atoms with Gasteiger partial charge in [-0.25, -0.2) is 4.39 Å². The third-order valence-electron chi connectivity index (χ3n) is 5.61. The highest BCUT2D eigenvalue weighted by atomic mass is 32.2. The maximum Gasteiger partial charge on any atom is 0.142 e. The molecule has 0 amide bonds. The molecule has 0 radical (unpaired) electrons. The predicted octanol–water partition coefficient (Wildman–Crippen LogP) is 4.58. The molecule has 3 aromatic carbocycles. The third-order valence-corrected chi connectivity index (χ3v) is 6.45. The molecule has 1 fully saturated rings. The van der Waals surface area contributed by atoms with Crippen LogP contribution in [-0.2, 0) is 6.42 Å². The van der Waals surface area contributed by atoms with Gasteiger partial charge in [-0.1, -0.05) is 24.3 Å². The molecule has 0 aromatic heterocycles. The molecule has 30 heavy (non-hydrogen) atoms. The maximum absolute atomic E-state index is 13.5. The van der Waals surface area contributed by atoms with Gasteiger partial charge in [0.25, 0.3) is 0 Å². The highest BCUT2D eigenvalue weighted by molar-refractivity contribution is 7.97. The third kappa shape index (κ3) is 4.89. The fourth-order valence-electron chi connectivity index (χ4n) is 3.89. The Kier molecular flexibility index (Phi) is 6.77. The van der Waals surface area contributed by atoms with Crippen molar-refractivity contribution in [1.29, 1.82) is 0 Å². The number of rotatable bonds is 7. The van der Waals surface area contributed by atoms with E-state index in [9.17, 15) is 4.39 Å². The van der Waals surface area contributed by atoms with Gasteiger partial charge in [0, 0.05) is 37.6 Å². The number of methoxy groups -OCH3 is 1. The van der Waals surface area contributed by atoms with E-state index in [-0.39, 0.29) is 5.82 Å². The molecule has 1 saturated heterocycles. The molecular formula is C24H28FN3OS. The van der Waals surface area contributed by atoms with E-state index < -0.39 is 0 Å². The second-order valence-electron chi connectivity index (χ2n) is 7.65. The minimum atomic E-state index is -0.191. The zero-order valence-electron chi connectivity index (χ0n) is 17.5. The van der Waals surface area contributed by atoms with Gasteiger partial charge in [-0.2, -0.15) is 0 Å². The number of halogens is 1. The summed E-state index contributed by atoms with van der Waals surface area (Å²) in [5, 5.41) is 2.07. The van der Waals surface area contributed by atoms with Gasteiger partial charge in [-0.05, 0) is 72.1 Å². The molecule has 6 heteroatoms. The van der Waals surface area contributed by atoms with Crippen LogP contribution in [-0.4, -0.2) is 51.8 Å². The molecule has 4 nitrogen and oxygen atoms in total. The molecule has 0 spiro atoms. The van der Waals surface area contributed by atoms with E-state index in [4.69, 9.17) is 4.74 Å². The Hall–Kier alpha value is -2.28. The normalized spacial score (nSPS) is 15.0. The van der Waals surface area contributed by atoms with Crippen molar-refractivity contribution < 1.29 is 9.13 Å². The van der Waals surface area contributed by atoms with Crippen LogP contribution in [0.15, 0.2) is 59.5 Å². The Morgan fingerprint density at radius 2 is 1.87 bits per heavy atom. The first-order chi connectivity index (χ1) is 14.6. The number of fused-ring (bicyclic) bond motifs is 1. The fourth-order valence-corrected chi connectivity index (χ4v) is 4.56. The van der Waals surface area contributed by atoms with Crippen molar-refractivity contribution in [1.82, 2.24) is 9.62 Å². The Morgan fingerprint density at radius 1 is 1.03 bits per heavy atom. The number of hydrogen-bond acceptors (Lipinski definition) is 5. The highest BCUT2D eigenvalue weighted by Gasteiger charge is 2.18. The number of nitrogens with one attached hydrogen (secondary N) is 1. The Labute approximate surface area is 182 Å². The van der Waals surface area contributed by atoms with Crippen LogP contribution in [0.1, 0.15) is 5.56 Å². The van der Waals surface area contributed by atoms with Crippen LogP contribution in [0.3, 0.4) is 0 Å². The van der Waals surface area contributed by atoms with Crippen molar-refractivity contribution in [3.63, 3.8) is 0 Å². The Bertz CT molecular complexity index is 1000. The van der Waals surface area contributed by atoms with Crippen molar-refractivity contribution in [3.05, 3.63) is 66.0 Å². The van der Waals surface area contributed by atoms with Crippen molar-refractivity contribution in [2.75, 3.05) is 51.8 Å². The highest BCUT2D eigenvalue weighted by Crippen LogP contribution is 2.33. The van der Waals surface area contributed by atoms with Gasteiger partial charge in [0.2, 0.25) is 0 Å². The van der Waals surface area contributed by atoms with Gasteiger partial charge in [-0.3, -0.25) is 4.72 Å². The zero-order chi connectivity index (χ0) is 20.9. The van der Waals surface area contributed by atoms with Gasteiger partial charge in [0.05, 0.1) is 12.8 Å². The number of likely N-dealkylation sites (N-methyl/N-ethyl adjacent to an activating group) is 1. The van der Waals surface area contributed by atoms with Crippen LogP contribution < -0.4 is 14.4 Å². The zero-order valence-corrected chi connectivity index (χ0v) is 18.3. The lowest BCUT2D eigenvalue weighted by molar-refractivity contribution is 0.311. The van der Waals surface area contributed by atoms with E-state index in [1.165, 1.54) is 16.5 Å². The Morgan fingerprint density at radius 3 is 2.67 bits per heavy atom. The summed E-state index contributed by atoms with van der Waals surface area (Å²) in [7, 11) is 3.90. The molecule has 0 bridgehead atoms. The summed E-state index contributed by atoms with van der Waals surface area (Å²) >= 11 is 1.64. The summed E-state index contributed by atoms with van der Waals surface area (Å²) < 4.78 is 22.5. The van der Waals surface area contributed by atoms with Crippen molar-refractivity contribution in [2.45, 2.75) is 11.3 Å². The number of benzene rings is 3. The molecule has 0 unspecified atom stereocenters. The van der Waals surface area contributed by atoms with E-state index in [2.05, 4.69) is 45.8 Å². The monoisotopic (exact) mass is 425 g/mol. The van der Waals surface area contributed by atoms with Gasteiger partial charge >= 0.3 is 0 Å². The molecular weight excluding hydrogens is 397 g/mol. The van der Waals surface area contributed by atoms with E-state index in [0.29, 0.717) is 0 Å². The molecule has 1 aliphatic heterocycles. The van der Waals surface area contributed by atoms with E-state index in [1.807, 2.05) is 18.2 Å². The van der Waals surface area contributed by atoms with E-state index >= 15 is 0 Å². The lowest BCUT2D eigenvalue weighted by Crippen LogP contribution is -2.44. The molecule has 158 valence electrons. The second kappa shape index (κ2) is 9.69. The average molecular weight is 426 g/mol. The lowest BCUT2D eigenvalue weighted by Gasteiger charge is -2.34. The van der Waals surface area contributed by atoms with Gasteiger partial charge in [0.1, 0.15) is 11.6 Å². The SMILES string of the molecule is COc1ccc(SNCCc2cccc3cc(F)ccc23)cc1N1CCN(C)CC1. The summed E-state index contributed by atoms with van der Waals surface area (Å²) in [6.07, 6.45) is 0.886. The molecule has 3 aromatic rings. The van der Waals surface area contributed by atoms with Crippen molar-refractivity contribution in [2.24, 2.45) is 0 Å². The predicted molar refractivity (Wildman–Crippen MR) is 124 cm³/mol. The Balaban J connectivity index is 1.38. The minimum absolute atomic E-state index is 0.191. The topological polar surface area (TPSA) is 27.7 Å². The standard InChI is InChI=1S/C24H28FN3OS/c1-27-12-14-28(15-13-27)23-17-21(7-9-24(23)29-2)30-26-11-10-18-4-3-5-19-16-20(25)6-8-22(18)19/h3-9,16-17,26H,10-15H2,1-2H3. The number of hydrogen-bond donors (Lipinski definition) is 1. The lowest BCUT2D eigenvalue weighted by atomic mass is 10.0. The number of nitrogens with zero attached hydrogens (tertiary/aromatic N) is 2. The van der Waals surface area contributed by atoms with E-state index in [0.717, 1.165) is 61.4 Å². The minimum Gasteiger partial charge on any atom is -0.495 e. The van der Waals surface area contributed by atoms with Gasteiger partial charge in [-0.15, -0.1) is 0 Å².